The van der Waals surface area contributed by atoms with Gasteiger partial charge in [-0.3, -0.25) is 0 Å². The van der Waals surface area contributed by atoms with Crippen LogP contribution in [0.3, 0.4) is 0 Å². The molecule has 0 radical (unpaired) electrons. The minimum Gasteiger partial charge on any atom is -1.00 e. The van der Waals surface area contributed by atoms with E-state index in [1.807, 2.05) is 5.37 Å². The predicted molar refractivity (Wildman–Crippen MR) is 62.1 cm³/mol. The van der Waals surface area contributed by atoms with Gasteiger partial charge in [-0.1, -0.05) is 0 Å². The molecule has 0 aliphatic heterocycles. The Kier molecular flexibility index (Phi) is 5.96. The molecular weight excluding hydrogens is 303 g/mol. The first kappa shape index (κ1) is 13.3. The number of halogens is 1. The van der Waals surface area contributed by atoms with Crippen molar-refractivity contribution in [1.29, 1.82) is 0 Å². The third kappa shape index (κ3) is 3.34. The smallest absolute Gasteiger partial charge is 1.00 e. The van der Waals surface area contributed by atoms with Crippen molar-refractivity contribution in [2.24, 2.45) is 0 Å². The minimum atomic E-state index is -1.51. The van der Waals surface area contributed by atoms with Crippen LogP contribution in [0.5, 0.6) is 0 Å². The summed E-state index contributed by atoms with van der Waals surface area (Å²) in [5.74, 6) is 0. The van der Waals surface area contributed by atoms with Gasteiger partial charge in [-0.2, -0.15) is 0 Å². The summed E-state index contributed by atoms with van der Waals surface area (Å²) in [5, 5.41) is 1.95. The molecule has 2 aliphatic carbocycles. The molecule has 0 aromatic rings. The molecule has 0 fully saturated rings. The van der Waals surface area contributed by atoms with Crippen molar-refractivity contribution < 1.29 is 34.2 Å². The zero-order chi connectivity index (χ0) is 9.80. The molecule has 2 rings (SSSR count). The van der Waals surface area contributed by atoms with E-state index in [2.05, 4.69) is 36.5 Å². The van der Waals surface area contributed by atoms with Crippen LogP contribution in [0.25, 0.3) is 0 Å². The van der Waals surface area contributed by atoms with Gasteiger partial charge >= 0.3 is 99.3 Å². The Hall–Kier alpha value is 0.223. The fourth-order valence-electron chi connectivity index (χ4n) is 1.89. The molecule has 0 aromatic heterocycles. The quantitative estimate of drug-likeness (QED) is 0.689. The largest absolute Gasteiger partial charge is 1.00 e. The van der Waals surface area contributed by atoms with E-state index in [1.165, 1.54) is 17.0 Å². The number of allylic oxidation sites excluding steroid dienone is 8. The fraction of sp³-hybridized carbons (Fsp3) is 0.250. The van der Waals surface area contributed by atoms with E-state index in [0.717, 1.165) is 0 Å². The van der Waals surface area contributed by atoms with E-state index in [1.54, 1.807) is 6.56 Å². The van der Waals surface area contributed by atoms with Crippen LogP contribution in [0.1, 0.15) is 12.8 Å². The SMILES string of the molecule is S=C[CH2][Zr+]([C]1=CC=CC1)[C]1=CC=CC1.[Cl-]. The maximum absolute atomic E-state index is 5.03. The van der Waals surface area contributed by atoms with Crippen molar-refractivity contribution in [3.8, 4) is 0 Å². The van der Waals surface area contributed by atoms with E-state index in [9.17, 15) is 0 Å². The zero-order valence-corrected chi connectivity index (χ0v) is 12.5. The van der Waals surface area contributed by atoms with Gasteiger partial charge in [0.15, 0.2) is 0 Å². The number of hydrogen-bond donors (Lipinski definition) is 0. The summed E-state index contributed by atoms with van der Waals surface area (Å²) in [6.45, 7) is 0. The van der Waals surface area contributed by atoms with Crippen LogP contribution < -0.4 is 12.4 Å². The summed E-state index contributed by atoms with van der Waals surface area (Å²) in [7, 11) is 0. The first-order valence-electron chi connectivity index (χ1n) is 4.93. The van der Waals surface area contributed by atoms with Crippen molar-refractivity contribution >= 4 is 17.6 Å². The average Bonchev–Trinajstić information content (AvgIpc) is 2.87. The molecule has 0 unspecified atom stereocenters. The molecule has 3 heteroatoms. The van der Waals surface area contributed by atoms with Crippen LogP contribution in [-0.4, -0.2) is 5.37 Å². The van der Waals surface area contributed by atoms with E-state index >= 15 is 0 Å². The van der Waals surface area contributed by atoms with Gasteiger partial charge in [-0.15, -0.1) is 0 Å². The zero-order valence-electron chi connectivity index (χ0n) is 8.45. The molecule has 2 aliphatic rings. The molecule has 0 spiro atoms. The van der Waals surface area contributed by atoms with Gasteiger partial charge in [0.05, 0.1) is 0 Å². The fourth-order valence-corrected chi connectivity index (χ4v) is 8.85. The first-order valence-corrected chi connectivity index (χ1v) is 9.60. The standard InChI is InChI=1S/2C5H5.C2H3S.ClH.Zr/c2*1-2-4-5-3-1;1-2-3;;/h2*1-3H,4H2;2H,1H2;1H;/q;;;;+1/p-1. The Balaban J connectivity index is 0.00000112. The number of thiocarbonyl (C=S) groups is 1. The monoisotopic (exact) mass is 314 g/mol. The third-order valence-corrected chi connectivity index (χ3v) is 10.6. The molecule has 0 atom stereocenters. The van der Waals surface area contributed by atoms with Crippen LogP contribution in [0, 0.1) is 0 Å². The van der Waals surface area contributed by atoms with Crippen LogP contribution >= 0.6 is 12.2 Å². The predicted octanol–water partition coefficient (Wildman–Crippen LogP) is 0.714. The van der Waals surface area contributed by atoms with Gasteiger partial charge in [0.1, 0.15) is 0 Å². The summed E-state index contributed by atoms with van der Waals surface area (Å²) in [5.41, 5.74) is 0. The molecule has 0 aromatic carbocycles. The van der Waals surface area contributed by atoms with E-state index in [4.69, 9.17) is 12.2 Å². The Labute approximate surface area is 111 Å². The second kappa shape index (κ2) is 6.73. The van der Waals surface area contributed by atoms with Crippen molar-refractivity contribution in [1.82, 2.24) is 0 Å². The van der Waals surface area contributed by atoms with Crippen LogP contribution in [0.15, 0.2) is 43.0 Å². The number of rotatable bonds is 4. The van der Waals surface area contributed by atoms with Gasteiger partial charge in [-0.05, 0) is 0 Å². The second-order valence-electron chi connectivity index (χ2n) is 3.50. The molecule has 0 nitrogen and oxygen atoms in total. The molecule has 0 saturated heterocycles. The molecular formula is C12H13ClSZr. The van der Waals surface area contributed by atoms with Crippen molar-refractivity contribution in [3.05, 3.63) is 43.0 Å². The Morgan fingerprint density at radius 2 is 1.67 bits per heavy atom. The normalized spacial score (nSPS) is 17.1. The van der Waals surface area contributed by atoms with Gasteiger partial charge < -0.3 is 12.4 Å². The molecule has 0 N–H and O–H groups in total. The van der Waals surface area contributed by atoms with Crippen molar-refractivity contribution in [3.63, 3.8) is 0 Å². The van der Waals surface area contributed by atoms with E-state index in [-0.39, 0.29) is 12.4 Å². The molecule has 0 bridgehead atoms. The van der Waals surface area contributed by atoms with E-state index in [0.29, 0.717) is 0 Å². The Bertz CT molecular complexity index is 323. The third-order valence-electron chi connectivity index (χ3n) is 2.61. The summed E-state index contributed by atoms with van der Waals surface area (Å²) >= 11 is 3.52. The summed E-state index contributed by atoms with van der Waals surface area (Å²) in [4.78, 5) is 0. The minimum absolute atomic E-state index is 0. The van der Waals surface area contributed by atoms with Gasteiger partial charge in [0.2, 0.25) is 0 Å². The average molecular weight is 316 g/mol. The van der Waals surface area contributed by atoms with Crippen LogP contribution in [-0.2, 0) is 21.8 Å². The molecule has 78 valence electrons. The molecule has 15 heavy (non-hydrogen) atoms. The summed E-state index contributed by atoms with van der Waals surface area (Å²) in [6, 6.07) is 0. The number of hydrogen-bond acceptors (Lipinski definition) is 1. The van der Waals surface area contributed by atoms with Crippen LogP contribution in [0.4, 0.5) is 0 Å². The molecule has 0 amide bonds. The van der Waals surface area contributed by atoms with E-state index < -0.39 is 21.8 Å². The van der Waals surface area contributed by atoms with Gasteiger partial charge in [0, 0.05) is 0 Å². The molecule has 0 heterocycles. The maximum Gasteiger partial charge on any atom is -1.00 e. The molecule has 0 saturated carbocycles. The topological polar surface area (TPSA) is 0 Å². The van der Waals surface area contributed by atoms with Crippen LogP contribution in [0.2, 0.25) is 4.13 Å². The maximum atomic E-state index is 5.03. The Morgan fingerprint density at radius 3 is 2.00 bits per heavy atom. The first-order chi connectivity index (χ1) is 6.92. The van der Waals surface area contributed by atoms with Crippen molar-refractivity contribution in [2.45, 2.75) is 17.0 Å². The summed E-state index contributed by atoms with van der Waals surface area (Å²) in [6.07, 6.45) is 16.0. The van der Waals surface area contributed by atoms with Gasteiger partial charge in [0.25, 0.3) is 0 Å². The second-order valence-corrected chi connectivity index (χ2v) is 10.3. The van der Waals surface area contributed by atoms with Crippen molar-refractivity contribution in [2.75, 3.05) is 0 Å². The summed E-state index contributed by atoms with van der Waals surface area (Å²) < 4.78 is 4.62. The van der Waals surface area contributed by atoms with Gasteiger partial charge in [-0.25, -0.2) is 0 Å². The Morgan fingerprint density at radius 1 is 1.13 bits per heavy atom.